The Hall–Kier alpha value is -1.35. The van der Waals surface area contributed by atoms with Gasteiger partial charge in [0, 0.05) is 21.0 Å². The zero-order valence-electron chi connectivity index (χ0n) is 15.5. The molecule has 0 heterocycles. The molecule has 2 aliphatic rings. The molecule has 0 amide bonds. The van der Waals surface area contributed by atoms with Crippen LogP contribution in [0.1, 0.15) is 55.6 Å². The number of carbonyl (C=O) groups is 1. The van der Waals surface area contributed by atoms with E-state index in [9.17, 15) is 9.90 Å². The lowest BCUT2D eigenvalue weighted by atomic mass is 9.71. The summed E-state index contributed by atoms with van der Waals surface area (Å²) in [7, 11) is 0. The Bertz CT molecular complexity index is 884. The number of hydrogen-bond donors (Lipinski definition) is 1. The van der Waals surface area contributed by atoms with Crippen molar-refractivity contribution in [1.82, 2.24) is 0 Å². The van der Waals surface area contributed by atoms with Gasteiger partial charge in [0.1, 0.15) is 5.78 Å². The number of hydrogen-bond acceptors (Lipinski definition) is 2. The summed E-state index contributed by atoms with van der Waals surface area (Å²) in [5.41, 5.74) is 3.48. The van der Waals surface area contributed by atoms with Gasteiger partial charge in [0.05, 0.1) is 12.0 Å². The topological polar surface area (TPSA) is 37.3 Å². The van der Waals surface area contributed by atoms with E-state index in [-0.39, 0.29) is 11.2 Å². The molecule has 2 aromatic carbocycles. The number of ketones is 1. The smallest absolute Gasteiger partial charge is 0.149 e. The van der Waals surface area contributed by atoms with Gasteiger partial charge in [-0.05, 0) is 55.0 Å². The molecule has 0 saturated heterocycles. The van der Waals surface area contributed by atoms with Gasteiger partial charge >= 0.3 is 0 Å². The first-order valence-electron chi connectivity index (χ1n) is 9.70. The lowest BCUT2D eigenvalue weighted by Crippen LogP contribution is -2.30. The van der Waals surface area contributed by atoms with Crippen LogP contribution < -0.4 is 0 Å². The normalized spacial score (nSPS) is 24.5. The fourth-order valence-electron chi connectivity index (χ4n) is 5.02. The molecule has 0 radical (unpaired) electrons. The predicted molar refractivity (Wildman–Crippen MR) is 111 cm³/mol. The Morgan fingerprint density at radius 1 is 1.04 bits per heavy atom. The van der Waals surface area contributed by atoms with Crippen LogP contribution in [0.25, 0.3) is 11.1 Å². The monoisotopic (exact) mass is 402 g/mol. The average molecular weight is 403 g/mol. The summed E-state index contributed by atoms with van der Waals surface area (Å²) in [6, 6.07) is 11.5. The zero-order valence-corrected chi connectivity index (χ0v) is 17.0. The van der Waals surface area contributed by atoms with Crippen LogP contribution >= 0.6 is 23.2 Å². The second-order valence-electron chi connectivity index (χ2n) is 8.15. The van der Waals surface area contributed by atoms with Crippen molar-refractivity contribution >= 4 is 29.0 Å². The SMILES string of the molecule is Cc1ccc(-c2ccc(Cl)cc2Cl)cc1C1C(=O)C2(CCCCC2)CC1O. The van der Waals surface area contributed by atoms with Crippen LogP contribution in [0.2, 0.25) is 10.0 Å². The number of halogens is 2. The minimum atomic E-state index is -0.606. The lowest BCUT2D eigenvalue weighted by molar-refractivity contribution is -0.128. The molecule has 2 atom stereocenters. The summed E-state index contributed by atoms with van der Waals surface area (Å²) in [5.74, 6) is -0.203. The summed E-state index contributed by atoms with van der Waals surface area (Å²) >= 11 is 12.4. The number of aliphatic hydroxyl groups is 1. The Labute approximate surface area is 170 Å². The fourth-order valence-corrected chi connectivity index (χ4v) is 5.54. The van der Waals surface area contributed by atoms with Gasteiger partial charge in [0.25, 0.3) is 0 Å². The lowest BCUT2D eigenvalue weighted by Gasteiger charge is -2.31. The number of aryl methyl sites for hydroxylation is 1. The van der Waals surface area contributed by atoms with Crippen molar-refractivity contribution in [2.45, 2.75) is 57.5 Å². The fraction of sp³-hybridized carbons (Fsp3) is 0.435. The van der Waals surface area contributed by atoms with Crippen LogP contribution in [0.15, 0.2) is 36.4 Å². The van der Waals surface area contributed by atoms with E-state index in [4.69, 9.17) is 23.2 Å². The van der Waals surface area contributed by atoms with Crippen LogP contribution in [-0.2, 0) is 4.79 Å². The highest BCUT2D eigenvalue weighted by molar-refractivity contribution is 6.36. The van der Waals surface area contributed by atoms with Crippen molar-refractivity contribution in [3.63, 3.8) is 0 Å². The van der Waals surface area contributed by atoms with Crippen LogP contribution in [0.4, 0.5) is 0 Å². The van der Waals surface area contributed by atoms with E-state index in [1.165, 1.54) is 6.42 Å². The maximum atomic E-state index is 13.4. The van der Waals surface area contributed by atoms with Crippen molar-refractivity contribution in [2.75, 3.05) is 0 Å². The van der Waals surface area contributed by atoms with Crippen molar-refractivity contribution < 1.29 is 9.90 Å². The van der Waals surface area contributed by atoms with E-state index < -0.39 is 12.0 Å². The van der Waals surface area contributed by atoms with Crippen molar-refractivity contribution in [3.05, 3.63) is 57.6 Å². The Kier molecular flexibility index (Phi) is 5.09. The molecule has 27 heavy (non-hydrogen) atoms. The molecule has 2 unspecified atom stereocenters. The van der Waals surface area contributed by atoms with Gasteiger partial charge < -0.3 is 5.11 Å². The van der Waals surface area contributed by atoms with E-state index in [0.29, 0.717) is 16.5 Å². The van der Waals surface area contributed by atoms with E-state index in [2.05, 4.69) is 0 Å². The van der Waals surface area contributed by atoms with Crippen LogP contribution in [0.3, 0.4) is 0 Å². The summed E-state index contributed by atoms with van der Waals surface area (Å²) in [5, 5.41) is 12.0. The minimum absolute atomic E-state index is 0.233. The molecule has 4 heteroatoms. The molecule has 0 aliphatic heterocycles. The van der Waals surface area contributed by atoms with E-state index in [0.717, 1.165) is 47.9 Å². The number of carbonyl (C=O) groups excluding carboxylic acids is 1. The first-order chi connectivity index (χ1) is 12.9. The number of aliphatic hydroxyl groups excluding tert-OH is 1. The first kappa shape index (κ1) is 19.0. The number of rotatable bonds is 2. The molecule has 142 valence electrons. The number of Topliss-reactive ketones (excluding diaryl/α,β-unsaturated/α-hetero) is 1. The van der Waals surface area contributed by atoms with Gasteiger partial charge in [-0.15, -0.1) is 0 Å². The average Bonchev–Trinajstić information content (AvgIpc) is 2.86. The van der Waals surface area contributed by atoms with Crippen molar-refractivity contribution in [2.24, 2.45) is 5.41 Å². The van der Waals surface area contributed by atoms with Crippen LogP contribution in [0.5, 0.6) is 0 Å². The second kappa shape index (κ2) is 7.24. The molecule has 0 bridgehead atoms. The Morgan fingerprint density at radius 2 is 1.78 bits per heavy atom. The van der Waals surface area contributed by atoms with Gasteiger partial charge in [-0.3, -0.25) is 4.79 Å². The second-order valence-corrected chi connectivity index (χ2v) is 8.99. The third-order valence-corrected chi connectivity index (χ3v) is 7.00. The first-order valence-corrected chi connectivity index (χ1v) is 10.5. The number of benzene rings is 2. The highest BCUT2D eigenvalue weighted by Gasteiger charge is 2.53. The quantitative estimate of drug-likeness (QED) is 0.636. The van der Waals surface area contributed by atoms with E-state index >= 15 is 0 Å². The van der Waals surface area contributed by atoms with Gasteiger partial charge in [0.2, 0.25) is 0 Å². The van der Waals surface area contributed by atoms with Crippen molar-refractivity contribution in [1.29, 1.82) is 0 Å². The molecule has 2 aromatic rings. The maximum absolute atomic E-state index is 13.4. The Balaban J connectivity index is 1.74. The third kappa shape index (κ3) is 3.33. The summed E-state index contributed by atoms with van der Waals surface area (Å²) in [6.45, 7) is 2.01. The minimum Gasteiger partial charge on any atom is -0.392 e. The molecule has 1 N–H and O–H groups in total. The standard InChI is InChI=1S/C23H24Cl2O2/c1-14-5-6-15(17-8-7-16(24)12-19(17)25)11-18(14)21-20(26)13-23(22(21)27)9-3-2-4-10-23/h5-8,11-12,20-21,26H,2-4,9-10,13H2,1H3. The summed E-state index contributed by atoms with van der Waals surface area (Å²) < 4.78 is 0. The zero-order chi connectivity index (χ0) is 19.2. The molecule has 2 fully saturated rings. The highest BCUT2D eigenvalue weighted by Crippen LogP contribution is 2.52. The molecule has 2 aliphatic carbocycles. The maximum Gasteiger partial charge on any atom is 0.149 e. The Morgan fingerprint density at radius 3 is 2.48 bits per heavy atom. The summed E-state index contributed by atoms with van der Waals surface area (Å²) in [4.78, 5) is 13.4. The molecular formula is C23H24Cl2O2. The van der Waals surface area contributed by atoms with Crippen molar-refractivity contribution in [3.8, 4) is 11.1 Å². The van der Waals surface area contributed by atoms with E-state index in [1.807, 2.05) is 37.3 Å². The van der Waals surface area contributed by atoms with Gasteiger partial charge in [-0.2, -0.15) is 0 Å². The largest absolute Gasteiger partial charge is 0.392 e. The van der Waals surface area contributed by atoms with Gasteiger partial charge in [-0.1, -0.05) is 66.7 Å². The van der Waals surface area contributed by atoms with E-state index in [1.54, 1.807) is 6.07 Å². The third-order valence-electron chi connectivity index (χ3n) is 6.46. The molecule has 2 nitrogen and oxygen atoms in total. The van der Waals surface area contributed by atoms with Crippen LogP contribution in [-0.4, -0.2) is 17.0 Å². The van der Waals surface area contributed by atoms with Crippen LogP contribution in [0, 0.1) is 12.3 Å². The molecule has 2 saturated carbocycles. The molecule has 4 rings (SSSR count). The molecule has 1 spiro atoms. The molecule has 0 aromatic heterocycles. The molecular weight excluding hydrogens is 379 g/mol. The van der Waals surface area contributed by atoms with Gasteiger partial charge in [0.15, 0.2) is 0 Å². The van der Waals surface area contributed by atoms with Gasteiger partial charge in [-0.25, -0.2) is 0 Å². The predicted octanol–water partition coefficient (Wildman–Crippen LogP) is 6.34. The summed E-state index contributed by atoms with van der Waals surface area (Å²) in [6.07, 6.45) is 5.20. The highest BCUT2D eigenvalue weighted by atomic mass is 35.5.